The number of Topliss-reactive ketones (excluding diaryl/α,β-unsaturated/α-hetero) is 1. The van der Waals surface area contributed by atoms with Gasteiger partial charge in [-0.05, 0) is 54.7 Å². The summed E-state index contributed by atoms with van der Waals surface area (Å²) in [6, 6.07) is 6.52. The van der Waals surface area contributed by atoms with Crippen LogP contribution in [0.1, 0.15) is 42.9 Å². The molecule has 1 fully saturated rings. The minimum Gasteiger partial charge on any atom is -0.299 e. The van der Waals surface area contributed by atoms with E-state index < -0.39 is 0 Å². The summed E-state index contributed by atoms with van der Waals surface area (Å²) < 4.78 is 0. The Kier molecular flexibility index (Phi) is 2.30. The molecule has 0 saturated heterocycles. The van der Waals surface area contributed by atoms with Gasteiger partial charge in [0.1, 0.15) is 5.78 Å². The zero-order chi connectivity index (χ0) is 13.0. The van der Waals surface area contributed by atoms with Gasteiger partial charge < -0.3 is 0 Å². The van der Waals surface area contributed by atoms with Crippen molar-refractivity contribution in [3.8, 4) is 0 Å². The van der Waals surface area contributed by atoms with Crippen molar-refractivity contribution < 1.29 is 4.79 Å². The van der Waals surface area contributed by atoms with Crippen LogP contribution in [0.15, 0.2) is 29.8 Å². The van der Waals surface area contributed by atoms with E-state index in [9.17, 15) is 4.79 Å². The number of hydrogen-bond donors (Lipinski definition) is 0. The van der Waals surface area contributed by atoms with Gasteiger partial charge in [0.25, 0.3) is 0 Å². The summed E-state index contributed by atoms with van der Waals surface area (Å²) in [4.78, 5) is 12.7. The molecule has 3 aliphatic carbocycles. The smallest absolute Gasteiger partial charge is 0.144 e. The molecule has 0 amide bonds. The van der Waals surface area contributed by atoms with Crippen LogP contribution in [0, 0.1) is 11.3 Å². The Hall–Kier alpha value is -1.37. The highest BCUT2D eigenvalue weighted by atomic mass is 16.1. The quantitative estimate of drug-likeness (QED) is 0.697. The molecule has 1 heteroatoms. The van der Waals surface area contributed by atoms with Crippen LogP contribution in [-0.2, 0) is 24.1 Å². The van der Waals surface area contributed by atoms with Crippen LogP contribution in [0.4, 0.5) is 0 Å². The molecule has 0 N–H and O–H groups in total. The van der Waals surface area contributed by atoms with Gasteiger partial charge in [0, 0.05) is 11.8 Å². The van der Waals surface area contributed by atoms with Crippen molar-refractivity contribution in [1.29, 1.82) is 0 Å². The van der Waals surface area contributed by atoms with Crippen LogP contribution < -0.4 is 0 Å². The standard InChI is InChI=1S/C18H20O/c1-2-13-4-3-5-14-9-17(19)18(11-16(13)14)10-12-6-7-15(18)8-12/h3-6,15H,2,7-11H2,1H3. The van der Waals surface area contributed by atoms with Gasteiger partial charge in [-0.25, -0.2) is 0 Å². The first-order valence-corrected chi connectivity index (χ1v) is 7.54. The minimum absolute atomic E-state index is 0.0254. The van der Waals surface area contributed by atoms with Crippen LogP contribution in [-0.4, -0.2) is 5.78 Å². The van der Waals surface area contributed by atoms with Crippen molar-refractivity contribution in [3.05, 3.63) is 46.5 Å². The summed E-state index contributed by atoms with van der Waals surface area (Å²) in [6.45, 7) is 2.22. The first kappa shape index (κ1) is 11.5. The molecule has 1 spiro atoms. The van der Waals surface area contributed by atoms with Gasteiger partial charge in [-0.3, -0.25) is 4.79 Å². The second kappa shape index (κ2) is 3.82. The van der Waals surface area contributed by atoms with Crippen molar-refractivity contribution in [2.45, 2.75) is 45.4 Å². The predicted molar refractivity (Wildman–Crippen MR) is 76.1 cm³/mol. The molecular weight excluding hydrogens is 232 g/mol. The maximum atomic E-state index is 12.7. The molecule has 0 aromatic heterocycles. The van der Waals surface area contributed by atoms with E-state index in [0.29, 0.717) is 18.1 Å². The topological polar surface area (TPSA) is 17.1 Å². The Morgan fingerprint density at radius 1 is 1.32 bits per heavy atom. The third-order valence-electron chi connectivity index (χ3n) is 5.67. The van der Waals surface area contributed by atoms with E-state index in [-0.39, 0.29) is 5.41 Å². The lowest BCUT2D eigenvalue weighted by Crippen LogP contribution is -2.42. The number of fused-ring (bicyclic) bond motifs is 4. The van der Waals surface area contributed by atoms with Gasteiger partial charge in [-0.15, -0.1) is 0 Å². The second-order valence-electron chi connectivity index (χ2n) is 6.52. The normalized spacial score (nSPS) is 31.7. The number of ketones is 1. The number of allylic oxidation sites excluding steroid dienone is 2. The first-order valence-electron chi connectivity index (χ1n) is 7.54. The molecule has 0 aliphatic heterocycles. The molecule has 2 atom stereocenters. The third-order valence-corrected chi connectivity index (χ3v) is 5.67. The number of benzene rings is 1. The Morgan fingerprint density at radius 2 is 2.21 bits per heavy atom. The number of carbonyl (C=O) groups is 1. The molecule has 19 heavy (non-hydrogen) atoms. The third kappa shape index (κ3) is 1.45. The van der Waals surface area contributed by atoms with Crippen molar-refractivity contribution in [3.63, 3.8) is 0 Å². The van der Waals surface area contributed by atoms with E-state index in [1.807, 2.05) is 0 Å². The summed E-state index contributed by atoms with van der Waals surface area (Å²) >= 11 is 0. The summed E-state index contributed by atoms with van der Waals surface area (Å²) in [5, 5.41) is 0. The van der Waals surface area contributed by atoms with E-state index in [2.05, 4.69) is 31.2 Å². The summed E-state index contributed by atoms with van der Waals surface area (Å²) in [5.74, 6) is 1.12. The minimum atomic E-state index is -0.0254. The molecule has 4 rings (SSSR count). The SMILES string of the molecule is CCc1cccc2c1CC1(CC3=CCC1C3)C(=O)C2. The molecule has 1 aromatic carbocycles. The van der Waals surface area contributed by atoms with Gasteiger partial charge in [0.2, 0.25) is 0 Å². The lowest BCUT2D eigenvalue weighted by molar-refractivity contribution is -0.131. The fraction of sp³-hybridized carbons (Fsp3) is 0.500. The maximum Gasteiger partial charge on any atom is 0.144 e. The summed E-state index contributed by atoms with van der Waals surface area (Å²) in [6.07, 6.45) is 8.53. The van der Waals surface area contributed by atoms with Gasteiger partial charge in [0.05, 0.1) is 0 Å². The molecule has 1 saturated carbocycles. The second-order valence-corrected chi connectivity index (χ2v) is 6.52. The highest BCUT2D eigenvalue weighted by Gasteiger charge is 2.53. The molecular formula is C18H20O. The largest absolute Gasteiger partial charge is 0.299 e. The Morgan fingerprint density at radius 3 is 2.89 bits per heavy atom. The molecule has 3 aliphatic rings. The molecule has 1 nitrogen and oxygen atoms in total. The molecule has 0 radical (unpaired) electrons. The molecule has 1 aromatic rings. The Bertz CT molecular complexity index is 596. The predicted octanol–water partition coefficient (Wildman–Crippen LogP) is 3.64. The van der Waals surface area contributed by atoms with E-state index >= 15 is 0 Å². The zero-order valence-electron chi connectivity index (χ0n) is 11.5. The molecule has 2 bridgehead atoms. The molecule has 0 heterocycles. The summed E-state index contributed by atoms with van der Waals surface area (Å²) in [5.41, 5.74) is 5.78. The van der Waals surface area contributed by atoms with Crippen LogP contribution in [0.5, 0.6) is 0 Å². The van der Waals surface area contributed by atoms with Crippen LogP contribution in [0.3, 0.4) is 0 Å². The van der Waals surface area contributed by atoms with Gasteiger partial charge in [-0.1, -0.05) is 36.8 Å². The monoisotopic (exact) mass is 252 g/mol. The fourth-order valence-corrected chi connectivity index (χ4v) is 4.61. The Balaban J connectivity index is 1.82. The fourth-order valence-electron chi connectivity index (χ4n) is 4.61. The Labute approximate surface area is 114 Å². The van der Waals surface area contributed by atoms with Gasteiger partial charge in [-0.2, -0.15) is 0 Å². The lowest BCUT2D eigenvalue weighted by Gasteiger charge is -2.39. The zero-order valence-corrected chi connectivity index (χ0v) is 11.5. The van der Waals surface area contributed by atoms with E-state index in [4.69, 9.17) is 0 Å². The van der Waals surface area contributed by atoms with Crippen molar-refractivity contribution in [2.24, 2.45) is 11.3 Å². The van der Waals surface area contributed by atoms with E-state index in [0.717, 1.165) is 25.7 Å². The van der Waals surface area contributed by atoms with Gasteiger partial charge in [0.15, 0.2) is 0 Å². The highest BCUT2D eigenvalue weighted by molar-refractivity contribution is 5.91. The highest BCUT2D eigenvalue weighted by Crippen LogP contribution is 2.57. The first-order chi connectivity index (χ1) is 9.23. The van der Waals surface area contributed by atoms with Gasteiger partial charge >= 0.3 is 0 Å². The average molecular weight is 252 g/mol. The van der Waals surface area contributed by atoms with Crippen LogP contribution in [0.25, 0.3) is 0 Å². The number of carbonyl (C=O) groups excluding carboxylic acids is 1. The van der Waals surface area contributed by atoms with E-state index in [1.54, 1.807) is 5.57 Å². The summed E-state index contributed by atoms with van der Waals surface area (Å²) in [7, 11) is 0. The lowest BCUT2D eigenvalue weighted by atomic mass is 9.62. The average Bonchev–Trinajstić information content (AvgIpc) is 3.00. The number of rotatable bonds is 1. The van der Waals surface area contributed by atoms with Crippen LogP contribution in [0.2, 0.25) is 0 Å². The molecule has 98 valence electrons. The maximum absolute atomic E-state index is 12.7. The van der Waals surface area contributed by atoms with Crippen molar-refractivity contribution in [2.75, 3.05) is 0 Å². The van der Waals surface area contributed by atoms with Crippen molar-refractivity contribution in [1.82, 2.24) is 0 Å². The molecule has 2 unspecified atom stereocenters. The van der Waals surface area contributed by atoms with Crippen molar-refractivity contribution >= 4 is 5.78 Å². The number of aryl methyl sites for hydroxylation is 1. The van der Waals surface area contributed by atoms with E-state index in [1.165, 1.54) is 23.1 Å². The number of hydrogen-bond acceptors (Lipinski definition) is 1. The van der Waals surface area contributed by atoms with Crippen LogP contribution >= 0.6 is 0 Å².